The number of para-hydroxylation sites is 1. The quantitative estimate of drug-likeness (QED) is 0.496. The molecule has 0 aliphatic carbocycles. The van der Waals surface area contributed by atoms with Crippen molar-refractivity contribution in [3.63, 3.8) is 0 Å². The van der Waals surface area contributed by atoms with Gasteiger partial charge in [-0.1, -0.05) is 12.1 Å². The second-order valence-electron chi connectivity index (χ2n) is 6.91. The van der Waals surface area contributed by atoms with Gasteiger partial charge in [0.1, 0.15) is 18.1 Å². The van der Waals surface area contributed by atoms with Gasteiger partial charge in [0.15, 0.2) is 11.3 Å². The summed E-state index contributed by atoms with van der Waals surface area (Å²) in [6.45, 7) is 4.64. The van der Waals surface area contributed by atoms with Crippen LogP contribution in [0.15, 0.2) is 59.1 Å². The van der Waals surface area contributed by atoms with Gasteiger partial charge in [-0.2, -0.15) is 0 Å². The van der Waals surface area contributed by atoms with Crippen molar-refractivity contribution in [3.8, 4) is 11.5 Å². The molecule has 0 bridgehead atoms. The fourth-order valence-corrected chi connectivity index (χ4v) is 3.49. The van der Waals surface area contributed by atoms with Gasteiger partial charge >= 0.3 is 0 Å². The van der Waals surface area contributed by atoms with Crippen LogP contribution in [0.1, 0.15) is 25.6 Å². The highest BCUT2D eigenvalue weighted by Gasteiger charge is 2.17. The van der Waals surface area contributed by atoms with Crippen LogP contribution in [0.3, 0.4) is 0 Å². The van der Waals surface area contributed by atoms with Crippen LogP contribution >= 0.6 is 0 Å². The molecule has 0 fully saturated rings. The predicted molar refractivity (Wildman–Crippen MR) is 112 cm³/mol. The maximum Gasteiger partial charge on any atom is 0.240 e. The number of nitrogens with zero attached hydrogens (tertiary/aromatic N) is 1. The van der Waals surface area contributed by atoms with Crippen LogP contribution in [0.5, 0.6) is 11.5 Å². The lowest BCUT2D eigenvalue weighted by atomic mass is 10.2. The van der Waals surface area contributed by atoms with Crippen LogP contribution in [-0.2, 0) is 11.3 Å². The fraction of sp³-hybridized carbons (Fsp3) is 0.261. The third-order valence-electron chi connectivity index (χ3n) is 4.92. The highest BCUT2D eigenvalue weighted by Crippen LogP contribution is 2.31. The van der Waals surface area contributed by atoms with Gasteiger partial charge in [-0.25, -0.2) is 0 Å². The van der Waals surface area contributed by atoms with E-state index in [1.54, 1.807) is 7.11 Å². The maximum atomic E-state index is 12.6. The molecular formula is C23H24N2O4. The Balaban J connectivity index is 1.48. The van der Waals surface area contributed by atoms with Gasteiger partial charge in [-0.15, -0.1) is 0 Å². The molecule has 0 saturated carbocycles. The van der Waals surface area contributed by atoms with Gasteiger partial charge in [0.05, 0.1) is 19.8 Å². The van der Waals surface area contributed by atoms with E-state index in [-0.39, 0.29) is 18.5 Å². The van der Waals surface area contributed by atoms with Gasteiger partial charge < -0.3 is 23.8 Å². The SMILES string of the molecule is CCOc1cccc2cc(C(C)NC(=O)Cn3ccc4cc(OC)ccc43)oc12. The molecule has 2 heterocycles. The molecule has 2 aromatic carbocycles. The van der Waals surface area contributed by atoms with E-state index >= 15 is 0 Å². The van der Waals surface area contributed by atoms with E-state index in [4.69, 9.17) is 13.9 Å². The number of furan rings is 1. The monoisotopic (exact) mass is 392 g/mol. The van der Waals surface area contributed by atoms with Crippen LogP contribution in [0.4, 0.5) is 0 Å². The molecule has 2 aromatic heterocycles. The molecule has 1 amide bonds. The van der Waals surface area contributed by atoms with Crippen LogP contribution in [0.2, 0.25) is 0 Å². The smallest absolute Gasteiger partial charge is 0.240 e. The van der Waals surface area contributed by atoms with Crippen molar-refractivity contribution in [1.82, 2.24) is 9.88 Å². The van der Waals surface area contributed by atoms with Crippen molar-refractivity contribution in [2.24, 2.45) is 0 Å². The zero-order valence-corrected chi connectivity index (χ0v) is 16.8. The molecule has 4 aromatic rings. The van der Waals surface area contributed by atoms with E-state index < -0.39 is 0 Å². The van der Waals surface area contributed by atoms with Gasteiger partial charge in [-0.3, -0.25) is 4.79 Å². The van der Waals surface area contributed by atoms with E-state index in [1.165, 1.54) is 0 Å². The number of rotatable bonds is 7. The molecular weight excluding hydrogens is 368 g/mol. The van der Waals surface area contributed by atoms with Crippen molar-refractivity contribution >= 4 is 27.8 Å². The summed E-state index contributed by atoms with van der Waals surface area (Å²) in [6, 6.07) is 15.3. The Morgan fingerprint density at radius 2 is 2.03 bits per heavy atom. The third-order valence-corrected chi connectivity index (χ3v) is 4.92. The third kappa shape index (κ3) is 3.78. The molecule has 6 nitrogen and oxygen atoms in total. The second-order valence-corrected chi connectivity index (χ2v) is 6.91. The molecule has 29 heavy (non-hydrogen) atoms. The highest BCUT2D eigenvalue weighted by molar-refractivity contribution is 5.85. The van der Waals surface area contributed by atoms with Crippen molar-refractivity contribution < 1.29 is 18.7 Å². The minimum Gasteiger partial charge on any atom is -0.497 e. The number of carbonyl (C=O) groups excluding carboxylic acids is 1. The number of hydrogen-bond donors (Lipinski definition) is 1. The summed E-state index contributed by atoms with van der Waals surface area (Å²) in [5, 5.41) is 5.00. The minimum atomic E-state index is -0.258. The lowest BCUT2D eigenvalue weighted by Crippen LogP contribution is -2.29. The molecule has 6 heteroatoms. The molecule has 0 saturated heterocycles. The number of ether oxygens (including phenoxy) is 2. The Bertz CT molecular complexity index is 1160. The first-order valence-electron chi connectivity index (χ1n) is 9.66. The Labute approximate surface area is 169 Å². The van der Waals surface area contributed by atoms with E-state index in [9.17, 15) is 4.79 Å². The Kier molecular flexibility index (Phi) is 5.16. The van der Waals surface area contributed by atoms with Gasteiger partial charge in [0.25, 0.3) is 0 Å². The molecule has 0 spiro atoms. The number of amides is 1. The van der Waals surface area contributed by atoms with Gasteiger partial charge in [0, 0.05) is 22.5 Å². The second kappa shape index (κ2) is 7.91. The van der Waals surface area contributed by atoms with Crippen LogP contribution in [-0.4, -0.2) is 24.2 Å². The minimum absolute atomic E-state index is 0.0868. The van der Waals surface area contributed by atoms with Crippen molar-refractivity contribution in [2.45, 2.75) is 26.4 Å². The van der Waals surface area contributed by atoms with Crippen LogP contribution in [0.25, 0.3) is 21.9 Å². The first-order chi connectivity index (χ1) is 14.1. The Morgan fingerprint density at radius 1 is 1.17 bits per heavy atom. The van der Waals surface area contributed by atoms with Crippen molar-refractivity contribution in [1.29, 1.82) is 0 Å². The summed E-state index contributed by atoms with van der Waals surface area (Å²) < 4.78 is 18.8. The van der Waals surface area contributed by atoms with Crippen molar-refractivity contribution in [2.75, 3.05) is 13.7 Å². The number of fused-ring (bicyclic) bond motifs is 2. The molecule has 0 radical (unpaired) electrons. The number of benzene rings is 2. The van der Waals surface area contributed by atoms with E-state index in [0.717, 1.165) is 22.0 Å². The zero-order valence-electron chi connectivity index (χ0n) is 16.8. The fourth-order valence-electron chi connectivity index (χ4n) is 3.49. The van der Waals surface area contributed by atoms with E-state index in [0.29, 0.717) is 23.7 Å². The average molecular weight is 392 g/mol. The summed E-state index contributed by atoms with van der Waals surface area (Å²) >= 11 is 0. The average Bonchev–Trinajstić information content (AvgIpc) is 3.33. The maximum absolute atomic E-state index is 12.6. The summed E-state index contributed by atoms with van der Waals surface area (Å²) in [4.78, 5) is 12.6. The summed E-state index contributed by atoms with van der Waals surface area (Å²) in [6.07, 6.45) is 1.91. The molecule has 150 valence electrons. The number of nitrogens with one attached hydrogen (secondary N) is 1. The summed E-state index contributed by atoms with van der Waals surface area (Å²) in [7, 11) is 1.64. The normalized spacial score (nSPS) is 12.2. The van der Waals surface area contributed by atoms with Gasteiger partial charge in [-0.05, 0) is 50.2 Å². The number of methoxy groups -OCH3 is 1. The standard InChI is InChI=1S/C23H24N2O4/c1-4-28-20-7-5-6-17-13-21(29-23(17)20)15(2)24-22(26)14-25-11-10-16-12-18(27-3)8-9-19(16)25/h5-13,15H,4,14H2,1-3H3,(H,24,26). The topological polar surface area (TPSA) is 65.6 Å². The predicted octanol–water partition coefficient (Wildman–Crippen LogP) is 4.67. The van der Waals surface area contributed by atoms with E-state index in [2.05, 4.69) is 5.32 Å². The van der Waals surface area contributed by atoms with E-state index in [1.807, 2.05) is 73.1 Å². The first kappa shape index (κ1) is 18.9. The lowest BCUT2D eigenvalue weighted by molar-refractivity contribution is -0.122. The summed E-state index contributed by atoms with van der Waals surface area (Å²) in [5.41, 5.74) is 1.69. The van der Waals surface area contributed by atoms with Gasteiger partial charge in [0.2, 0.25) is 5.91 Å². The Morgan fingerprint density at radius 3 is 2.83 bits per heavy atom. The first-order valence-corrected chi connectivity index (χ1v) is 9.66. The lowest BCUT2D eigenvalue weighted by Gasteiger charge is -2.12. The molecule has 0 aliphatic rings. The molecule has 1 atom stereocenters. The Hall–Kier alpha value is -3.41. The molecule has 1 N–H and O–H groups in total. The van der Waals surface area contributed by atoms with Crippen LogP contribution < -0.4 is 14.8 Å². The van der Waals surface area contributed by atoms with Crippen LogP contribution in [0, 0.1) is 0 Å². The van der Waals surface area contributed by atoms with Crippen molar-refractivity contribution in [3.05, 3.63) is 60.5 Å². The largest absolute Gasteiger partial charge is 0.497 e. The molecule has 1 unspecified atom stereocenters. The number of carbonyl (C=O) groups is 1. The molecule has 0 aliphatic heterocycles. The zero-order chi connectivity index (χ0) is 20.4. The molecule has 4 rings (SSSR count). The highest BCUT2D eigenvalue weighted by atomic mass is 16.5. The summed E-state index contributed by atoms with van der Waals surface area (Å²) in [5.74, 6) is 2.12. The number of hydrogen-bond acceptors (Lipinski definition) is 4. The number of aromatic nitrogens is 1.